The van der Waals surface area contributed by atoms with Gasteiger partial charge in [-0.15, -0.1) is 0 Å². The number of hydrogen-bond donors (Lipinski definition) is 2. The number of carbonyl (C=O) groups is 1. The molecule has 5 nitrogen and oxygen atoms in total. The van der Waals surface area contributed by atoms with E-state index in [1.165, 1.54) is 0 Å². The van der Waals surface area contributed by atoms with Gasteiger partial charge in [0.25, 0.3) is 0 Å². The highest BCUT2D eigenvalue weighted by atomic mass is 16.2. The third kappa shape index (κ3) is 5.03. The smallest absolute Gasteiger partial charge is 0.228 e. The molecular formula is C14H26N4O. The van der Waals surface area contributed by atoms with Gasteiger partial charge in [0, 0.05) is 24.1 Å². The van der Waals surface area contributed by atoms with E-state index in [4.69, 9.17) is 5.73 Å². The summed E-state index contributed by atoms with van der Waals surface area (Å²) in [7, 11) is 0. The minimum absolute atomic E-state index is 0.00531. The molecule has 1 rings (SSSR count). The molecule has 1 amide bonds. The Kier molecular flexibility index (Phi) is 6.02. The molecule has 0 saturated carbocycles. The lowest BCUT2D eigenvalue weighted by molar-refractivity contribution is -0.119. The van der Waals surface area contributed by atoms with Gasteiger partial charge in [-0.2, -0.15) is 5.10 Å². The van der Waals surface area contributed by atoms with E-state index in [0.717, 1.165) is 25.1 Å². The summed E-state index contributed by atoms with van der Waals surface area (Å²) in [4.78, 5) is 12.1. The number of hydrogen-bond acceptors (Lipinski definition) is 3. The Hall–Kier alpha value is -1.36. The van der Waals surface area contributed by atoms with Gasteiger partial charge in [-0.3, -0.25) is 4.79 Å². The third-order valence-electron chi connectivity index (χ3n) is 3.15. The molecule has 108 valence electrons. The predicted molar refractivity (Wildman–Crippen MR) is 77.9 cm³/mol. The maximum atomic E-state index is 12.1. The number of carbonyl (C=O) groups excluding carboxylic acids is 1. The molecule has 0 saturated heterocycles. The number of nitrogens with zero attached hydrogens (tertiary/aromatic N) is 2. The first-order valence-electron chi connectivity index (χ1n) is 7.01. The van der Waals surface area contributed by atoms with Crippen LogP contribution >= 0.6 is 0 Å². The highest BCUT2D eigenvalue weighted by Crippen LogP contribution is 2.16. The normalized spacial score (nSPS) is 14.4. The van der Waals surface area contributed by atoms with E-state index in [2.05, 4.69) is 10.4 Å². The van der Waals surface area contributed by atoms with Gasteiger partial charge in [-0.25, -0.2) is 4.68 Å². The number of nitrogens with two attached hydrogens (primary N) is 1. The summed E-state index contributed by atoms with van der Waals surface area (Å²) < 4.78 is 1.81. The van der Waals surface area contributed by atoms with Crippen molar-refractivity contribution in [1.29, 1.82) is 0 Å². The quantitative estimate of drug-likeness (QED) is 0.796. The Morgan fingerprint density at radius 3 is 2.63 bits per heavy atom. The van der Waals surface area contributed by atoms with Crippen LogP contribution in [0.1, 0.15) is 53.0 Å². The number of aromatic nitrogens is 2. The minimum Gasteiger partial charge on any atom is -0.328 e. The number of anilines is 1. The van der Waals surface area contributed by atoms with Crippen molar-refractivity contribution in [3.63, 3.8) is 0 Å². The van der Waals surface area contributed by atoms with Crippen molar-refractivity contribution in [2.24, 2.45) is 11.7 Å². The standard InChI is InChI=1S/C14H26N4O/c1-10(2)18-13(8-9-16-18)17-14(19)11(3)6-5-7-12(4)15/h8-12H,5-7,15H2,1-4H3,(H,17,19). The fourth-order valence-corrected chi connectivity index (χ4v) is 1.95. The average molecular weight is 266 g/mol. The van der Waals surface area contributed by atoms with Gasteiger partial charge in [-0.05, 0) is 33.6 Å². The molecule has 1 heterocycles. The molecule has 0 aliphatic rings. The second-order valence-corrected chi connectivity index (χ2v) is 5.55. The molecule has 3 N–H and O–H groups in total. The second kappa shape index (κ2) is 7.28. The molecule has 2 atom stereocenters. The van der Waals surface area contributed by atoms with E-state index >= 15 is 0 Å². The van der Waals surface area contributed by atoms with E-state index in [9.17, 15) is 4.79 Å². The Labute approximate surface area is 115 Å². The lowest BCUT2D eigenvalue weighted by atomic mass is 10.0. The van der Waals surface area contributed by atoms with Crippen molar-refractivity contribution in [3.8, 4) is 0 Å². The Morgan fingerprint density at radius 1 is 1.37 bits per heavy atom. The SMILES string of the molecule is CC(N)CCCC(C)C(=O)Nc1ccnn1C(C)C. The first-order chi connectivity index (χ1) is 8.91. The van der Waals surface area contributed by atoms with Crippen molar-refractivity contribution in [2.75, 3.05) is 5.32 Å². The molecule has 0 bridgehead atoms. The Bertz CT molecular complexity index is 398. The molecule has 1 aromatic heterocycles. The number of rotatable bonds is 7. The molecule has 0 spiro atoms. The van der Waals surface area contributed by atoms with Crippen LogP contribution in [0.15, 0.2) is 12.3 Å². The predicted octanol–water partition coefficient (Wildman–Crippen LogP) is 2.56. The lowest BCUT2D eigenvalue weighted by Gasteiger charge is -2.15. The summed E-state index contributed by atoms with van der Waals surface area (Å²) in [6.07, 6.45) is 4.51. The third-order valence-corrected chi connectivity index (χ3v) is 3.15. The van der Waals surface area contributed by atoms with E-state index in [-0.39, 0.29) is 23.9 Å². The number of amides is 1. The van der Waals surface area contributed by atoms with Crippen LogP contribution in [-0.4, -0.2) is 21.7 Å². The Balaban J connectivity index is 2.47. The molecule has 1 aromatic rings. The maximum Gasteiger partial charge on any atom is 0.228 e. The van der Waals surface area contributed by atoms with Crippen LogP contribution in [0.3, 0.4) is 0 Å². The fraction of sp³-hybridized carbons (Fsp3) is 0.714. The van der Waals surface area contributed by atoms with Crippen LogP contribution in [0.4, 0.5) is 5.82 Å². The van der Waals surface area contributed by atoms with E-state index in [1.807, 2.05) is 38.4 Å². The van der Waals surface area contributed by atoms with Gasteiger partial charge in [0.15, 0.2) is 0 Å². The topological polar surface area (TPSA) is 72.9 Å². The van der Waals surface area contributed by atoms with Crippen LogP contribution in [0.2, 0.25) is 0 Å². The highest BCUT2D eigenvalue weighted by Gasteiger charge is 2.15. The summed E-state index contributed by atoms with van der Waals surface area (Å²) in [5.41, 5.74) is 5.71. The summed E-state index contributed by atoms with van der Waals surface area (Å²) in [5.74, 6) is 0.806. The van der Waals surface area contributed by atoms with E-state index in [0.29, 0.717) is 0 Å². The van der Waals surface area contributed by atoms with Crippen LogP contribution in [0.25, 0.3) is 0 Å². The van der Waals surface area contributed by atoms with Crippen molar-refractivity contribution >= 4 is 11.7 Å². The summed E-state index contributed by atoms with van der Waals surface area (Å²) in [6, 6.07) is 2.27. The first kappa shape index (κ1) is 15.7. The van der Waals surface area contributed by atoms with Gasteiger partial charge in [0.1, 0.15) is 5.82 Å². The summed E-state index contributed by atoms with van der Waals surface area (Å²) >= 11 is 0. The average Bonchev–Trinajstić information content (AvgIpc) is 2.76. The largest absolute Gasteiger partial charge is 0.328 e. The lowest BCUT2D eigenvalue weighted by Crippen LogP contribution is -2.23. The number of nitrogens with one attached hydrogen (secondary N) is 1. The second-order valence-electron chi connectivity index (χ2n) is 5.55. The van der Waals surface area contributed by atoms with Crippen LogP contribution < -0.4 is 11.1 Å². The monoisotopic (exact) mass is 266 g/mol. The van der Waals surface area contributed by atoms with Gasteiger partial charge in [-0.1, -0.05) is 13.3 Å². The van der Waals surface area contributed by atoms with Gasteiger partial charge < -0.3 is 11.1 Å². The zero-order valence-electron chi connectivity index (χ0n) is 12.4. The molecule has 5 heteroatoms. The molecule has 0 fully saturated rings. The molecule has 0 aliphatic heterocycles. The van der Waals surface area contributed by atoms with Crippen LogP contribution in [0.5, 0.6) is 0 Å². The summed E-state index contributed by atoms with van der Waals surface area (Å²) in [5, 5.41) is 7.14. The van der Waals surface area contributed by atoms with Gasteiger partial charge in [0.05, 0.1) is 6.20 Å². The Morgan fingerprint density at radius 2 is 2.05 bits per heavy atom. The highest BCUT2D eigenvalue weighted by molar-refractivity contribution is 5.91. The van der Waals surface area contributed by atoms with Crippen LogP contribution in [-0.2, 0) is 4.79 Å². The van der Waals surface area contributed by atoms with Gasteiger partial charge >= 0.3 is 0 Å². The van der Waals surface area contributed by atoms with Crippen LogP contribution in [0, 0.1) is 5.92 Å². The van der Waals surface area contributed by atoms with Crippen molar-refractivity contribution < 1.29 is 4.79 Å². The first-order valence-corrected chi connectivity index (χ1v) is 7.01. The fourth-order valence-electron chi connectivity index (χ4n) is 1.95. The zero-order chi connectivity index (χ0) is 14.4. The molecule has 0 aliphatic carbocycles. The zero-order valence-corrected chi connectivity index (χ0v) is 12.4. The van der Waals surface area contributed by atoms with Crippen molar-refractivity contribution in [3.05, 3.63) is 12.3 Å². The van der Waals surface area contributed by atoms with Crippen molar-refractivity contribution in [2.45, 2.75) is 59.0 Å². The van der Waals surface area contributed by atoms with E-state index < -0.39 is 0 Å². The molecule has 2 unspecified atom stereocenters. The molecule has 0 aromatic carbocycles. The minimum atomic E-state index is -0.00531. The van der Waals surface area contributed by atoms with Crippen molar-refractivity contribution in [1.82, 2.24) is 9.78 Å². The summed E-state index contributed by atoms with van der Waals surface area (Å²) in [6.45, 7) is 8.02. The maximum absolute atomic E-state index is 12.1. The molecule has 19 heavy (non-hydrogen) atoms. The van der Waals surface area contributed by atoms with E-state index in [1.54, 1.807) is 6.20 Å². The molecule has 0 radical (unpaired) electrons. The van der Waals surface area contributed by atoms with Gasteiger partial charge in [0.2, 0.25) is 5.91 Å². The molecular weight excluding hydrogens is 240 g/mol.